The molecule has 6 aromatic carbocycles. The quantitative estimate of drug-likeness (QED) is 0.0553. The van der Waals surface area contributed by atoms with Crippen LogP contribution in [0.15, 0.2) is 147 Å². The van der Waals surface area contributed by atoms with Crippen LogP contribution in [-0.2, 0) is 17.9 Å². The van der Waals surface area contributed by atoms with E-state index in [-0.39, 0.29) is 28.5 Å². The van der Waals surface area contributed by atoms with Crippen LogP contribution >= 0.6 is 46.7 Å². The highest BCUT2D eigenvalue weighted by Crippen LogP contribution is 2.35. The Morgan fingerprint density at radius 3 is 1.46 bits per heavy atom. The van der Waals surface area contributed by atoms with Crippen LogP contribution in [0, 0.1) is 0 Å². The topological polar surface area (TPSA) is 168 Å². The van der Waals surface area contributed by atoms with Gasteiger partial charge in [0.1, 0.15) is 22.6 Å². The number of benzene rings is 6. The zero-order valence-corrected chi connectivity index (χ0v) is 32.8. The van der Waals surface area contributed by atoms with Crippen molar-refractivity contribution in [2.45, 2.75) is 39.6 Å². The van der Waals surface area contributed by atoms with E-state index in [1.807, 2.05) is 84.9 Å². The van der Waals surface area contributed by atoms with E-state index in [0.29, 0.717) is 34.5 Å². The largest absolute Gasteiger partial charge is 0.507 e. The number of halogens is 2. The van der Waals surface area contributed by atoms with Crippen molar-refractivity contribution in [3.8, 4) is 11.5 Å². The molecule has 0 heterocycles. The van der Waals surface area contributed by atoms with E-state index in [9.17, 15) is 24.6 Å². The molecule has 14 heteroatoms. The van der Waals surface area contributed by atoms with Crippen LogP contribution in [0.3, 0.4) is 0 Å². The minimum absolute atomic E-state index is 0.109. The second-order valence-corrected chi connectivity index (χ2v) is 15.0. The first kappa shape index (κ1) is 41.4. The highest BCUT2D eigenvalue weighted by molar-refractivity contribution is 7.99. The van der Waals surface area contributed by atoms with Crippen molar-refractivity contribution in [1.29, 1.82) is 0 Å². The number of amides is 1. The number of anilines is 3. The molecule has 0 atom stereocenters. The van der Waals surface area contributed by atoms with Crippen molar-refractivity contribution in [1.82, 2.24) is 0 Å². The average Bonchev–Trinajstić information content (AvgIpc) is 3.17. The number of nitrogens with one attached hydrogen (secondary N) is 3. The molecule has 0 saturated heterocycles. The third-order valence-electron chi connectivity index (χ3n) is 7.89. The zero-order chi connectivity index (χ0) is 40.2. The van der Waals surface area contributed by atoms with E-state index in [2.05, 4.69) is 16.0 Å². The number of phenols is 2. The van der Waals surface area contributed by atoms with Gasteiger partial charge in [0.25, 0.3) is 0 Å². The molecule has 0 aliphatic heterocycles. The van der Waals surface area contributed by atoms with Gasteiger partial charge >= 0.3 is 11.9 Å². The second-order valence-electron chi connectivity index (χ2n) is 12.0. The number of hydrogen-bond acceptors (Lipinski definition) is 9. The molecule has 1 amide bonds. The summed E-state index contributed by atoms with van der Waals surface area (Å²) in [5.41, 5.74) is 3.78. The standard InChI is InChI=1S/C22H20N2O4S.C20H15Cl2NO3S/c1-14(25)24-16-6-9-18(10-7-16)29-21-5-3-2-4-15(21)13-23-17-8-11-20(26)19(12-17)22(27)28;21-16-7-6-14(10-17(16)22)27-19-4-2-1-3-12(19)11-23-13-5-8-18(24)15(9-13)20(25)26/h2-12,23,26H,13H2,1H3,(H,24,25)(H,27,28);1-10,23-24H,11H2,(H,25,26). The highest BCUT2D eigenvalue weighted by atomic mass is 35.5. The van der Waals surface area contributed by atoms with Gasteiger partial charge in [0.15, 0.2) is 0 Å². The Kier molecular flexibility index (Phi) is 14.5. The summed E-state index contributed by atoms with van der Waals surface area (Å²) >= 11 is 15.2. The van der Waals surface area contributed by atoms with Gasteiger partial charge < -0.3 is 36.4 Å². The maximum absolute atomic E-state index is 11.2. The molecule has 0 radical (unpaired) electrons. The van der Waals surface area contributed by atoms with Crippen molar-refractivity contribution < 1.29 is 34.8 Å². The third-order valence-corrected chi connectivity index (χ3v) is 10.9. The zero-order valence-electron chi connectivity index (χ0n) is 29.6. The lowest BCUT2D eigenvalue weighted by atomic mass is 10.1. The van der Waals surface area contributed by atoms with Gasteiger partial charge in [0.2, 0.25) is 5.91 Å². The van der Waals surface area contributed by atoms with E-state index in [4.69, 9.17) is 33.4 Å². The van der Waals surface area contributed by atoms with Crippen LogP contribution < -0.4 is 16.0 Å². The van der Waals surface area contributed by atoms with Crippen LogP contribution in [0.2, 0.25) is 10.0 Å². The van der Waals surface area contributed by atoms with Gasteiger partial charge in [-0.05, 0) is 102 Å². The fourth-order valence-corrected chi connectivity index (χ4v) is 7.42. The molecule has 0 aromatic heterocycles. The second kappa shape index (κ2) is 19.7. The predicted molar refractivity (Wildman–Crippen MR) is 223 cm³/mol. The molecule has 56 heavy (non-hydrogen) atoms. The maximum Gasteiger partial charge on any atom is 0.339 e. The van der Waals surface area contributed by atoms with E-state index in [1.54, 1.807) is 41.7 Å². The van der Waals surface area contributed by atoms with Crippen molar-refractivity contribution in [2.75, 3.05) is 16.0 Å². The lowest BCUT2D eigenvalue weighted by Gasteiger charge is -2.12. The van der Waals surface area contributed by atoms with Crippen LogP contribution in [-0.4, -0.2) is 38.3 Å². The van der Waals surface area contributed by atoms with Crippen LogP contribution in [0.5, 0.6) is 11.5 Å². The normalized spacial score (nSPS) is 10.5. The van der Waals surface area contributed by atoms with Crippen LogP contribution in [0.1, 0.15) is 38.8 Å². The molecule has 0 saturated carbocycles. The number of carboxylic acids is 2. The van der Waals surface area contributed by atoms with Gasteiger partial charge in [-0.15, -0.1) is 0 Å². The Hall–Kier alpha value is -5.79. The monoisotopic (exact) mass is 827 g/mol. The summed E-state index contributed by atoms with van der Waals surface area (Å²) in [6.07, 6.45) is 0. The first-order valence-electron chi connectivity index (χ1n) is 16.8. The molecule has 10 nitrogen and oxygen atoms in total. The molecule has 286 valence electrons. The van der Waals surface area contributed by atoms with E-state index in [1.165, 1.54) is 31.2 Å². The van der Waals surface area contributed by atoms with Crippen molar-refractivity contribution in [3.05, 3.63) is 160 Å². The van der Waals surface area contributed by atoms with Gasteiger partial charge in [0, 0.05) is 56.7 Å². The molecule has 0 spiro atoms. The summed E-state index contributed by atoms with van der Waals surface area (Å²) < 4.78 is 0. The molecule has 0 unspecified atom stereocenters. The van der Waals surface area contributed by atoms with Crippen LogP contribution in [0.4, 0.5) is 17.1 Å². The first-order valence-corrected chi connectivity index (χ1v) is 19.2. The number of rotatable bonds is 13. The molecule has 0 aliphatic carbocycles. The van der Waals surface area contributed by atoms with E-state index >= 15 is 0 Å². The van der Waals surface area contributed by atoms with Crippen molar-refractivity contribution >= 4 is 81.6 Å². The van der Waals surface area contributed by atoms with Gasteiger partial charge in [-0.2, -0.15) is 0 Å². The van der Waals surface area contributed by atoms with Gasteiger partial charge in [-0.3, -0.25) is 4.79 Å². The minimum atomic E-state index is -1.18. The molecular weight excluding hydrogens is 794 g/mol. The highest BCUT2D eigenvalue weighted by Gasteiger charge is 2.13. The molecule has 7 N–H and O–H groups in total. The van der Waals surface area contributed by atoms with Crippen molar-refractivity contribution in [3.63, 3.8) is 0 Å². The number of aromatic hydroxyl groups is 2. The third kappa shape index (κ3) is 11.9. The Balaban J connectivity index is 0.000000215. The fourth-order valence-electron chi connectivity index (χ4n) is 5.13. The molecule has 0 aliphatic rings. The van der Waals surface area contributed by atoms with Crippen LogP contribution in [0.25, 0.3) is 0 Å². The predicted octanol–water partition coefficient (Wildman–Crippen LogP) is 11.0. The maximum atomic E-state index is 11.2. The first-order chi connectivity index (χ1) is 26.9. The average molecular weight is 829 g/mol. The van der Waals surface area contributed by atoms with Gasteiger partial charge in [-0.1, -0.05) is 83.1 Å². The summed E-state index contributed by atoms with van der Waals surface area (Å²) in [7, 11) is 0. The Morgan fingerprint density at radius 1 is 0.554 bits per heavy atom. The number of carbonyl (C=O) groups is 3. The molecule has 6 aromatic rings. The number of aromatic carboxylic acids is 2. The molecule has 6 rings (SSSR count). The Bertz CT molecular complexity index is 2360. The van der Waals surface area contributed by atoms with Gasteiger partial charge in [0.05, 0.1) is 10.0 Å². The molecule has 0 bridgehead atoms. The SMILES string of the molecule is CC(=O)Nc1ccc(Sc2ccccc2CNc2ccc(O)c(C(=O)O)c2)cc1.O=C(O)c1cc(NCc2ccccc2Sc2ccc(Cl)c(Cl)c2)ccc1O. The van der Waals surface area contributed by atoms with Gasteiger partial charge in [-0.25, -0.2) is 9.59 Å². The number of carbonyl (C=O) groups excluding carboxylic acids is 1. The lowest BCUT2D eigenvalue weighted by molar-refractivity contribution is -0.114. The van der Waals surface area contributed by atoms with E-state index in [0.717, 1.165) is 36.4 Å². The summed E-state index contributed by atoms with van der Waals surface area (Å²) in [4.78, 5) is 37.6. The molecule has 0 fully saturated rings. The minimum Gasteiger partial charge on any atom is -0.507 e. The van der Waals surface area contributed by atoms with E-state index < -0.39 is 11.9 Å². The summed E-state index contributed by atoms with van der Waals surface area (Å²) in [6, 6.07) is 37.7. The Labute approximate surface area is 341 Å². The molecular formula is C42H35Cl2N3O7S2. The summed E-state index contributed by atoms with van der Waals surface area (Å²) in [6.45, 7) is 2.46. The fraction of sp³-hybridized carbons (Fsp3) is 0.0714. The van der Waals surface area contributed by atoms with Crippen molar-refractivity contribution in [2.24, 2.45) is 0 Å². The number of hydrogen-bond donors (Lipinski definition) is 7. The lowest BCUT2D eigenvalue weighted by Crippen LogP contribution is -2.05. The summed E-state index contributed by atoms with van der Waals surface area (Å²) in [5, 5.41) is 47.6. The number of carboxylic acid groups (broad SMARTS) is 2. The summed E-state index contributed by atoms with van der Waals surface area (Å²) in [5.74, 6) is -2.98. The Morgan fingerprint density at radius 2 is 1.00 bits per heavy atom. The smallest absolute Gasteiger partial charge is 0.339 e.